The molecule has 3 N–H and O–H groups in total. The van der Waals surface area contributed by atoms with E-state index in [1.807, 2.05) is 27.2 Å². The van der Waals surface area contributed by atoms with Crippen molar-refractivity contribution in [2.75, 3.05) is 40.9 Å². The van der Waals surface area contributed by atoms with Crippen LogP contribution in [0, 0.1) is 0 Å². The first-order chi connectivity index (χ1) is 30.0. The Morgan fingerprint density at radius 3 is 1.40 bits per heavy atom. The summed E-state index contributed by atoms with van der Waals surface area (Å²) in [7, 11) is 1.53. The fourth-order valence-corrected chi connectivity index (χ4v) is 7.70. The molecule has 0 aromatic rings. The number of likely N-dealkylation sites (N-methyl/N-ethyl adjacent to an activating group) is 1. The Kier molecular flexibility index (Phi) is 42.7. The molecule has 0 saturated heterocycles. The summed E-state index contributed by atoms with van der Waals surface area (Å²) in [5.74, 6) is -0.235. The van der Waals surface area contributed by atoms with E-state index in [0.29, 0.717) is 17.4 Å². The summed E-state index contributed by atoms with van der Waals surface area (Å²) in [6, 6.07) is -0.880. The third-order valence-corrected chi connectivity index (χ3v) is 11.9. The number of carbonyl (C=O) groups is 1. The van der Waals surface area contributed by atoms with E-state index < -0.39 is 20.0 Å². The molecule has 8 nitrogen and oxygen atoms in total. The summed E-state index contributed by atoms with van der Waals surface area (Å²) in [6.45, 7) is 4.66. The van der Waals surface area contributed by atoms with E-state index in [1.165, 1.54) is 122 Å². The molecule has 0 heterocycles. The molecule has 0 saturated carbocycles. The van der Waals surface area contributed by atoms with Gasteiger partial charge >= 0.3 is 7.82 Å². The van der Waals surface area contributed by atoms with Crippen LogP contribution in [0.25, 0.3) is 0 Å². The van der Waals surface area contributed by atoms with Gasteiger partial charge in [-0.1, -0.05) is 215 Å². The molecule has 3 atom stereocenters. The standard InChI is InChI=1S/C53H97N2O6P/c1-6-8-10-12-14-16-18-20-22-24-25-26-27-28-29-31-32-34-36-38-40-42-44-46-52(56)51(50-61-62(58,59)60-49-48-55(3,4)5)54-53(57)47-45-43-41-39-37-35-33-30-23-21-19-17-15-13-11-9-7-2/h9,11,15,17,21,23,33,35,39,41,44,46,51-52,56H,6-8,10,12-14,16,18-20,22,24-32,34,36-38,40,42-43,45,47-50H2,1-5H3,(H-,54,57,58,59)/p+1/b11-9-,17-15-,23-21-,35-33-,41-39-,46-44+. The van der Waals surface area contributed by atoms with E-state index >= 15 is 0 Å². The lowest BCUT2D eigenvalue weighted by Crippen LogP contribution is -2.45. The molecule has 0 aromatic carbocycles. The normalized spacial score (nSPS) is 14.8. The van der Waals surface area contributed by atoms with E-state index in [-0.39, 0.29) is 25.5 Å². The predicted octanol–water partition coefficient (Wildman–Crippen LogP) is 14.8. The molecule has 1 amide bonds. The number of carbonyl (C=O) groups excluding carboxylic acids is 1. The number of unbranched alkanes of at least 4 members (excludes halogenated alkanes) is 22. The molecular weight excluding hydrogens is 792 g/mol. The van der Waals surface area contributed by atoms with Crippen molar-refractivity contribution in [3.05, 3.63) is 72.9 Å². The molecular formula is C53H98N2O6P+. The second kappa shape index (κ2) is 44.2. The molecule has 0 bridgehead atoms. The summed E-state index contributed by atoms with van der Waals surface area (Å²) in [5, 5.41) is 13.8. The number of nitrogens with one attached hydrogen (secondary N) is 1. The van der Waals surface area contributed by atoms with Crippen LogP contribution >= 0.6 is 7.82 Å². The molecule has 0 aliphatic carbocycles. The summed E-state index contributed by atoms with van der Waals surface area (Å²) >= 11 is 0. The van der Waals surface area contributed by atoms with Crippen molar-refractivity contribution in [3.63, 3.8) is 0 Å². The molecule has 0 spiro atoms. The maximum atomic E-state index is 12.9. The van der Waals surface area contributed by atoms with Gasteiger partial charge < -0.3 is 19.8 Å². The van der Waals surface area contributed by atoms with Crippen molar-refractivity contribution < 1.29 is 32.9 Å². The van der Waals surface area contributed by atoms with Crippen molar-refractivity contribution in [1.82, 2.24) is 5.32 Å². The lowest BCUT2D eigenvalue weighted by molar-refractivity contribution is -0.870. The highest BCUT2D eigenvalue weighted by Gasteiger charge is 2.27. The van der Waals surface area contributed by atoms with Gasteiger partial charge in [0.05, 0.1) is 39.9 Å². The van der Waals surface area contributed by atoms with Gasteiger partial charge in [-0.25, -0.2) is 4.57 Å². The van der Waals surface area contributed by atoms with E-state index in [1.54, 1.807) is 6.08 Å². The Balaban J connectivity index is 4.39. The van der Waals surface area contributed by atoms with Crippen LogP contribution in [0.3, 0.4) is 0 Å². The van der Waals surface area contributed by atoms with Gasteiger partial charge in [-0.2, -0.15) is 0 Å². The number of amides is 1. The van der Waals surface area contributed by atoms with Gasteiger partial charge in [-0.3, -0.25) is 13.8 Å². The first-order valence-corrected chi connectivity index (χ1v) is 26.8. The number of hydrogen-bond acceptors (Lipinski definition) is 5. The number of aliphatic hydroxyl groups excluding tert-OH is 1. The van der Waals surface area contributed by atoms with Crippen molar-refractivity contribution in [1.29, 1.82) is 0 Å². The lowest BCUT2D eigenvalue weighted by Gasteiger charge is -2.25. The molecule has 62 heavy (non-hydrogen) atoms. The van der Waals surface area contributed by atoms with Crippen LogP contribution in [-0.4, -0.2) is 73.4 Å². The first-order valence-electron chi connectivity index (χ1n) is 25.3. The zero-order valence-corrected chi connectivity index (χ0v) is 41.7. The Labute approximate surface area is 383 Å². The van der Waals surface area contributed by atoms with Crippen LogP contribution < -0.4 is 5.32 Å². The summed E-state index contributed by atoms with van der Waals surface area (Å²) in [4.78, 5) is 23.2. The third kappa shape index (κ3) is 45.9. The Morgan fingerprint density at radius 2 is 0.968 bits per heavy atom. The number of aliphatic hydroxyl groups is 1. The van der Waals surface area contributed by atoms with E-state index in [0.717, 1.165) is 57.8 Å². The van der Waals surface area contributed by atoms with Crippen LogP contribution in [-0.2, 0) is 18.4 Å². The summed E-state index contributed by atoms with van der Waals surface area (Å²) < 4.78 is 23.6. The number of allylic oxidation sites excluding steroid dienone is 11. The number of phosphoric ester groups is 1. The van der Waals surface area contributed by atoms with Gasteiger partial charge in [0.1, 0.15) is 13.2 Å². The quantitative estimate of drug-likeness (QED) is 0.0243. The van der Waals surface area contributed by atoms with Gasteiger partial charge in [0.25, 0.3) is 0 Å². The van der Waals surface area contributed by atoms with Crippen LogP contribution in [0.2, 0.25) is 0 Å². The first kappa shape index (κ1) is 59.9. The Morgan fingerprint density at radius 1 is 0.565 bits per heavy atom. The van der Waals surface area contributed by atoms with E-state index in [4.69, 9.17) is 9.05 Å². The molecule has 0 radical (unpaired) electrons. The van der Waals surface area contributed by atoms with Crippen LogP contribution in [0.4, 0.5) is 0 Å². The Hall–Kier alpha value is -2.06. The highest BCUT2D eigenvalue weighted by atomic mass is 31.2. The minimum Gasteiger partial charge on any atom is -0.387 e. The highest BCUT2D eigenvalue weighted by molar-refractivity contribution is 7.47. The number of phosphoric acid groups is 1. The average molecular weight is 890 g/mol. The highest BCUT2D eigenvalue weighted by Crippen LogP contribution is 2.43. The monoisotopic (exact) mass is 890 g/mol. The number of nitrogens with zero attached hydrogens (tertiary/aromatic N) is 1. The molecule has 0 aromatic heterocycles. The van der Waals surface area contributed by atoms with E-state index in [2.05, 4.69) is 79.9 Å². The predicted molar refractivity (Wildman–Crippen MR) is 267 cm³/mol. The second-order valence-corrected chi connectivity index (χ2v) is 19.6. The van der Waals surface area contributed by atoms with Crippen LogP contribution in [0.1, 0.15) is 206 Å². The molecule has 0 aliphatic heterocycles. The third-order valence-electron chi connectivity index (χ3n) is 10.9. The van der Waals surface area contributed by atoms with Gasteiger partial charge in [0.2, 0.25) is 5.91 Å². The van der Waals surface area contributed by atoms with Crippen molar-refractivity contribution in [2.45, 2.75) is 219 Å². The number of quaternary nitrogens is 1. The van der Waals surface area contributed by atoms with Gasteiger partial charge in [0.15, 0.2) is 0 Å². The number of rotatable bonds is 45. The van der Waals surface area contributed by atoms with Crippen LogP contribution in [0.15, 0.2) is 72.9 Å². The van der Waals surface area contributed by atoms with Gasteiger partial charge in [-0.15, -0.1) is 0 Å². The fourth-order valence-electron chi connectivity index (χ4n) is 6.96. The molecule has 360 valence electrons. The SMILES string of the molecule is CC/C=C\C/C=C\C/C=C\C/C=C\C/C=C\CCCC(=O)NC(COP(=O)(O)OCC[N+](C)(C)C)C(O)/C=C/CCCCCCCCCCCCCCCCCCCCCCC. The minimum absolute atomic E-state index is 0.0477. The average Bonchev–Trinajstić information content (AvgIpc) is 3.23. The maximum absolute atomic E-state index is 12.9. The lowest BCUT2D eigenvalue weighted by atomic mass is 10.0. The largest absolute Gasteiger partial charge is 0.472 e. The minimum atomic E-state index is -4.36. The second-order valence-electron chi connectivity index (χ2n) is 18.2. The van der Waals surface area contributed by atoms with Gasteiger partial charge in [-0.05, 0) is 57.8 Å². The summed E-state index contributed by atoms with van der Waals surface area (Å²) in [5.41, 5.74) is 0. The zero-order valence-electron chi connectivity index (χ0n) is 40.8. The van der Waals surface area contributed by atoms with Crippen molar-refractivity contribution >= 4 is 13.7 Å². The molecule has 0 rings (SSSR count). The van der Waals surface area contributed by atoms with Gasteiger partial charge in [0, 0.05) is 6.42 Å². The van der Waals surface area contributed by atoms with E-state index in [9.17, 15) is 19.4 Å². The summed E-state index contributed by atoms with van der Waals surface area (Å²) in [6.07, 6.45) is 60.0. The number of hydrogen-bond donors (Lipinski definition) is 3. The Bertz CT molecular complexity index is 1240. The van der Waals surface area contributed by atoms with Crippen LogP contribution in [0.5, 0.6) is 0 Å². The maximum Gasteiger partial charge on any atom is 0.472 e. The molecule has 0 fully saturated rings. The molecule has 9 heteroatoms. The molecule has 0 aliphatic rings. The topological polar surface area (TPSA) is 105 Å². The van der Waals surface area contributed by atoms with Crippen molar-refractivity contribution in [3.8, 4) is 0 Å². The molecule has 3 unspecified atom stereocenters. The van der Waals surface area contributed by atoms with Crippen molar-refractivity contribution in [2.24, 2.45) is 0 Å². The fraction of sp³-hybridized carbons (Fsp3) is 0.755. The zero-order chi connectivity index (χ0) is 45.7. The smallest absolute Gasteiger partial charge is 0.387 e.